The van der Waals surface area contributed by atoms with Gasteiger partial charge in [0, 0.05) is 36.7 Å². The van der Waals surface area contributed by atoms with Crippen molar-refractivity contribution in [2.75, 3.05) is 47.5 Å². The van der Waals surface area contributed by atoms with E-state index in [1.54, 1.807) is 30.2 Å². The fourth-order valence-corrected chi connectivity index (χ4v) is 5.90. The number of phenols is 1. The first kappa shape index (κ1) is 26.1. The molecule has 0 bridgehead atoms. The van der Waals surface area contributed by atoms with Gasteiger partial charge >= 0.3 is 6.03 Å². The number of imide groups is 1. The molecule has 0 spiro atoms. The zero-order valence-electron chi connectivity index (χ0n) is 22.5. The standard InChI is InChI=1S/C29H36N4O5/c1-5-29-18-23-22-17-21(38-15-14-37-4)10-11-24(22)30-25(23)26(19-8-6-9-20(34)16-19)33(29)28(36)32(27(29)35)13-7-12-31(2)3/h6,8-11,16-17,26,30,34H,5,7,12-15,18H2,1-4H3. The highest BCUT2D eigenvalue weighted by atomic mass is 16.5. The summed E-state index contributed by atoms with van der Waals surface area (Å²) in [7, 11) is 5.59. The van der Waals surface area contributed by atoms with Crippen LogP contribution in [0.3, 0.4) is 0 Å². The minimum absolute atomic E-state index is 0.113. The monoisotopic (exact) mass is 520 g/mol. The number of aromatic nitrogens is 1. The highest BCUT2D eigenvalue weighted by Crippen LogP contribution is 2.50. The van der Waals surface area contributed by atoms with Crippen LogP contribution in [0.5, 0.6) is 11.5 Å². The van der Waals surface area contributed by atoms with Gasteiger partial charge in [-0.2, -0.15) is 0 Å². The molecule has 1 aromatic heterocycles. The van der Waals surface area contributed by atoms with Crippen LogP contribution < -0.4 is 4.74 Å². The molecule has 2 aliphatic heterocycles. The number of nitrogens with one attached hydrogen (secondary N) is 1. The van der Waals surface area contributed by atoms with Crippen LogP contribution in [0.2, 0.25) is 0 Å². The van der Waals surface area contributed by atoms with Gasteiger partial charge in [0.05, 0.1) is 6.61 Å². The molecule has 38 heavy (non-hydrogen) atoms. The van der Waals surface area contributed by atoms with E-state index in [0.717, 1.165) is 40.0 Å². The van der Waals surface area contributed by atoms with E-state index in [1.807, 2.05) is 50.2 Å². The van der Waals surface area contributed by atoms with Crippen molar-refractivity contribution in [3.63, 3.8) is 0 Å². The van der Waals surface area contributed by atoms with Gasteiger partial charge in [0.1, 0.15) is 29.7 Å². The first-order valence-corrected chi connectivity index (χ1v) is 13.2. The summed E-state index contributed by atoms with van der Waals surface area (Å²) in [5.74, 6) is 0.682. The average Bonchev–Trinajstić information content (AvgIpc) is 3.35. The normalized spacial score (nSPS) is 20.9. The van der Waals surface area contributed by atoms with E-state index in [-0.39, 0.29) is 17.7 Å². The molecule has 2 atom stereocenters. The van der Waals surface area contributed by atoms with Crippen molar-refractivity contribution in [1.82, 2.24) is 19.7 Å². The molecule has 9 nitrogen and oxygen atoms in total. The van der Waals surface area contributed by atoms with Crippen LogP contribution in [-0.2, 0) is 16.0 Å². The molecule has 202 valence electrons. The Morgan fingerprint density at radius 1 is 1.16 bits per heavy atom. The van der Waals surface area contributed by atoms with E-state index < -0.39 is 11.6 Å². The number of H-pyrrole nitrogens is 1. The van der Waals surface area contributed by atoms with Gasteiger partial charge in [-0.1, -0.05) is 19.1 Å². The smallest absolute Gasteiger partial charge is 0.328 e. The molecule has 1 fully saturated rings. The van der Waals surface area contributed by atoms with E-state index in [0.29, 0.717) is 39.0 Å². The van der Waals surface area contributed by atoms with E-state index in [9.17, 15) is 14.7 Å². The number of rotatable bonds is 10. The molecule has 2 unspecified atom stereocenters. The number of phenolic OH excluding ortho intramolecular Hbond substituents is 1. The third-order valence-electron chi connectivity index (χ3n) is 7.77. The molecule has 3 amide bonds. The van der Waals surface area contributed by atoms with Crippen LogP contribution in [0.4, 0.5) is 4.79 Å². The van der Waals surface area contributed by atoms with Crippen LogP contribution in [-0.4, -0.2) is 89.8 Å². The van der Waals surface area contributed by atoms with Crippen molar-refractivity contribution in [2.45, 2.75) is 37.8 Å². The van der Waals surface area contributed by atoms with Gasteiger partial charge in [-0.15, -0.1) is 0 Å². The number of benzene rings is 2. The number of fused-ring (bicyclic) bond motifs is 4. The average molecular weight is 521 g/mol. The van der Waals surface area contributed by atoms with Crippen molar-refractivity contribution >= 4 is 22.8 Å². The lowest BCUT2D eigenvalue weighted by Gasteiger charge is -2.44. The number of ether oxygens (including phenoxy) is 2. The summed E-state index contributed by atoms with van der Waals surface area (Å²) in [4.78, 5) is 36.9. The van der Waals surface area contributed by atoms with E-state index in [1.165, 1.54) is 4.90 Å². The zero-order valence-corrected chi connectivity index (χ0v) is 22.5. The summed E-state index contributed by atoms with van der Waals surface area (Å²) in [5.41, 5.74) is 2.51. The molecule has 3 aromatic rings. The fraction of sp³-hybridized carbons (Fsp3) is 0.448. The van der Waals surface area contributed by atoms with Gasteiger partial charge in [-0.3, -0.25) is 14.6 Å². The summed E-state index contributed by atoms with van der Waals surface area (Å²) < 4.78 is 11.0. The molecule has 2 aromatic carbocycles. The van der Waals surface area contributed by atoms with E-state index in [2.05, 4.69) is 4.98 Å². The second-order valence-electron chi connectivity index (χ2n) is 10.4. The lowest BCUT2D eigenvalue weighted by atomic mass is 9.78. The summed E-state index contributed by atoms with van der Waals surface area (Å²) in [6, 6.07) is 12.0. The molecule has 5 rings (SSSR count). The maximum atomic E-state index is 14.1. The molecule has 1 saturated heterocycles. The predicted octanol–water partition coefficient (Wildman–Crippen LogP) is 3.91. The quantitative estimate of drug-likeness (QED) is 0.311. The Morgan fingerprint density at radius 3 is 2.68 bits per heavy atom. The highest BCUT2D eigenvalue weighted by Gasteiger charge is 2.61. The predicted molar refractivity (Wildman–Crippen MR) is 144 cm³/mol. The van der Waals surface area contributed by atoms with Crippen molar-refractivity contribution in [2.24, 2.45) is 0 Å². The summed E-state index contributed by atoms with van der Waals surface area (Å²) in [6.07, 6.45) is 1.59. The maximum absolute atomic E-state index is 14.1. The van der Waals surface area contributed by atoms with Crippen LogP contribution >= 0.6 is 0 Å². The molecule has 0 radical (unpaired) electrons. The molecule has 3 heterocycles. The Morgan fingerprint density at radius 2 is 1.97 bits per heavy atom. The number of aromatic hydroxyl groups is 1. The Hall–Kier alpha value is -3.56. The number of hydrogen-bond acceptors (Lipinski definition) is 6. The van der Waals surface area contributed by atoms with Crippen LogP contribution in [0.25, 0.3) is 10.9 Å². The molecule has 9 heteroatoms. The van der Waals surface area contributed by atoms with Gasteiger partial charge in [0.15, 0.2) is 0 Å². The lowest BCUT2D eigenvalue weighted by Crippen LogP contribution is -2.55. The van der Waals surface area contributed by atoms with Gasteiger partial charge < -0.3 is 24.5 Å². The molecular weight excluding hydrogens is 484 g/mol. The second-order valence-corrected chi connectivity index (χ2v) is 10.4. The van der Waals surface area contributed by atoms with Gasteiger partial charge in [0.2, 0.25) is 0 Å². The maximum Gasteiger partial charge on any atom is 0.328 e. The Kier molecular flexibility index (Phi) is 7.07. The van der Waals surface area contributed by atoms with Gasteiger partial charge in [-0.25, -0.2) is 4.79 Å². The third kappa shape index (κ3) is 4.29. The number of urea groups is 1. The first-order chi connectivity index (χ1) is 18.3. The number of methoxy groups -OCH3 is 1. The first-order valence-electron chi connectivity index (χ1n) is 13.2. The molecule has 0 aliphatic carbocycles. The molecule has 0 saturated carbocycles. The fourth-order valence-electron chi connectivity index (χ4n) is 5.90. The third-order valence-corrected chi connectivity index (χ3v) is 7.77. The van der Waals surface area contributed by atoms with Crippen LogP contribution in [0, 0.1) is 0 Å². The lowest BCUT2D eigenvalue weighted by molar-refractivity contribution is -0.134. The molecule has 2 N–H and O–H groups in total. The van der Waals surface area contributed by atoms with Crippen LogP contribution in [0.1, 0.15) is 42.6 Å². The minimum Gasteiger partial charge on any atom is -0.508 e. The Bertz CT molecular complexity index is 1350. The molecule has 2 aliphatic rings. The number of carbonyl (C=O) groups excluding carboxylic acids is 2. The Balaban J connectivity index is 1.64. The summed E-state index contributed by atoms with van der Waals surface area (Å²) >= 11 is 0. The van der Waals surface area contributed by atoms with Crippen molar-refractivity contribution in [1.29, 1.82) is 0 Å². The van der Waals surface area contributed by atoms with Crippen molar-refractivity contribution in [3.05, 3.63) is 59.3 Å². The SMILES string of the molecule is CCC12Cc3c([nH]c4ccc(OCCOC)cc34)C(c3cccc(O)c3)N1C(=O)N(CCCN(C)C)C2=O. The zero-order chi connectivity index (χ0) is 27.0. The van der Waals surface area contributed by atoms with Crippen LogP contribution in [0.15, 0.2) is 42.5 Å². The van der Waals surface area contributed by atoms with E-state index in [4.69, 9.17) is 9.47 Å². The van der Waals surface area contributed by atoms with Gasteiger partial charge in [-0.05, 0) is 74.9 Å². The largest absolute Gasteiger partial charge is 0.508 e. The Labute approximate surface area is 222 Å². The highest BCUT2D eigenvalue weighted by molar-refractivity contribution is 6.08. The van der Waals surface area contributed by atoms with Gasteiger partial charge in [0.25, 0.3) is 5.91 Å². The number of aromatic amines is 1. The summed E-state index contributed by atoms with van der Waals surface area (Å²) in [6.45, 7) is 4.04. The summed E-state index contributed by atoms with van der Waals surface area (Å²) in [5, 5.41) is 11.3. The van der Waals surface area contributed by atoms with Crippen molar-refractivity contribution in [3.8, 4) is 11.5 Å². The number of carbonyl (C=O) groups is 2. The molecular formula is C29H36N4O5. The topological polar surface area (TPSA) is 98.3 Å². The second kappa shape index (κ2) is 10.3. The van der Waals surface area contributed by atoms with E-state index >= 15 is 0 Å². The number of nitrogens with zero attached hydrogens (tertiary/aromatic N) is 3. The van der Waals surface area contributed by atoms with Crippen molar-refractivity contribution < 1.29 is 24.2 Å². The number of amides is 3. The number of hydrogen-bond donors (Lipinski definition) is 2. The minimum atomic E-state index is -1.01.